The van der Waals surface area contributed by atoms with Crippen LogP contribution in [0.15, 0.2) is 24.5 Å². The molecule has 0 atom stereocenters. The summed E-state index contributed by atoms with van der Waals surface area (Å²) >= 11 is 1.55. The summed E-state index contributed by atoms with van der Waals surface area (Å²) in [7, 11) is 0. The maximum absolute atomic E-state index is 13.0. The molecule has 0 bridgehead atoms. The van der Waals surface area contributed by atoms with E-state index in [-0.39, 0.29) is 17.9 Å². The highest BCUT2D eigenvalue weighted by Crippen LogP contribution is 2.39. The fourth-order valence-corrected chi connectivity index (χ4v) is 5.19. The summed E-state index contributed by atoms with van der Waals surface area (Å²) in [6.45, 7) is 0. The SMILES string of the molecule is O=C(Nc1sc2c(c1C(=O)NC1CCCCC1)CCC2)c1cccnc1. The first kappa shape index (κ1) is 17.2. The number of hydrogen-bond acceptors (Lipinski definition) is 4. The molecule has 2 heterocycles. The third kappa shape index (κ3) is 3.51. The van der Waals surface area contributed by atoms with Gasteiger partial charge in [0.1, 0.15) is 5.00 Å². The van der Waals surface area contributed by atoms with Gasteiger partial charge in [-0.15, -0.1) is 11.3 Å². The summed E-state index contributed by atoms with van der Waals surface area (Å²) in [5.74, 6) is -0.248. The van der Waals surface area contributed by atoms with Crippen molar-refractivity contribution in [3.05, 3.63) is 46.1 Å². The molecule has 0 aromatic carbocycles. The van der Waals surface area contributed by atoms with Gasteiger partial charge in [0.25, 0.3) is 11.8 Å². The Bertz CT molecular complexity index is 810. The van der Waals surface area contributed by atoms with Gasteiger partial charge in [-0.1, -0.05) is 19.3 Å². The number of anilines is 1. The van der Waals surface area contributed by atoms with Gasteiger partial charge in [0.2, 0.25) is 0 Å². The summed E-state index contributed by atoms with van der Waals surface area (Å²) in [4.78, 5) is 30.8. The Morgan fingerprint density at radius 3 is 2.69 bits per heavy atom. The monoisotopic (exact) mass is 369 g/mol. The number of carbonyl (C=O) groups excluding carboxylic acids is 2. The van der Waals surface area contributed by atoms with Crippen LogP contribution in [0.4, 0.5) is 5.00 Å². The zero-order valence-electron chi connectivity index (χ0n) is 14.7. The number of hydrogen-bond donors (Lipinski definition) is 2. The first-order chi connectivity index (χ1) is 12.7. The van der Waals surface area contributed by atoms with Gasteiger partial charge in [0, 0.05) is 23.3 Å². The molecule has 0 saturated heterocycles. The topological polar surface area (TPSA) is 71.1 Å². The molecule has 2 aliphatic rings. The minimum Gasteiger partial charge on any atom is -0.349 e. The third-order valence-corrected chi connectivity index (χ3v) is 6.45. The first-order valence-electron chi connectivity index (χ1n) is 9.39. The number of nitrogens with one attached hydrogen (secondary N) is 2. The summed E-state index contributed by atoms with van der Waals surface area (Å²) in [5, 5.41) is 6.84. The van der Waals surface area contributed by atoms with Crippen LogP contribution in [0, 0.1) is 0 Å². The van der Waals surface area contributed by atoms with E-state index in [1.807, 2.05) is 0 Å². The predicted molar refractivity (Wildman–Crippen MR) is 103 cm³/mol. The molecule has 6 heteroatoms. The first-order valence-corrected chi connectivity index (χ1v) is 10.2. The molecule has 2 N–H and O–H groups in total. The van der Waals surface area contributed by atoms with Gasteiger partial charge in [-0.25, -0.2) is 0 Å². The van der Waals surface area contributed by atoms with Crippen LogP contribution in [0.3, 0.4) is 0 Å². The molecule has 2 aromatic rings. The number of nitrogens with zero attached hydrogens (tertiary/aromatic N) is 1. The van der Waals surface area contributed by atoms with E-state index in [1.165, 1.54) is 24.1 Å². The van der Waals surface area contributed by atoms with Crippen molar-refractivity contribution in [1.29, 1.82) is 0 Å². The Labute approximate surface area is 157 Å². The highest BCUT2D eigenvalue weighted by molar-refractivity contribution is 7.17. The van der Waals surface area contributed by atoms with Gasteiger partial charge in [0.15, 0.2) is 0 Å². The van der Waals surface area contributed by atoms with Crippen molar-refractivity contribution in [2.45, 2.75) is 57.4 Å². The van der Waals surface area contributed by atoms with Crippen molar-refractivity contribution in [3.8, 4) is 0 Å². The third-order valence-electron chi connectivity index (χ3n) is 5.24. The number of pyridine rings is 1. The number of thiophene rings is 1. The van der Waals surface area contributed by atoms with Crippen molar-refractivity contribution in [1.82, 2.24) is 10.3 Å². The van der Waals surface area contributed by atoms with E-state index in [0.29, 0.717) is 16.1 Å². The van der Waals surface area contributed by atoms with Crippen LogP contribution >= 0.6 is 11.3 Å². The lowest BCUT2D eigenvalue weighted by molar-refractivity contribution is 0.0928. The van der Waals surface area contributed by atoms with Crippen LogP contribution in [-0.2, 0) is 12.8 Å². The smallest absolute Gasteiger partial charge is 0.257 e. The van der Waals surface area contributed by atoms with Crippen molar-refractivity contribution < 1.29 is 9.59 Å². The van der Waals surface area contributed by atoms with Gasteiger partial charge in [-0.2, -0.15) is 0 Å². The molecule has 2 amide bonds. The quantitative estimate of drug-likeness (QED) is 0.857. The van der Waals surface area contributed by atoms with E-state index in [2.05, 4.69) is 15.6 Å². The van der Waals surface area contributed by atoms with Gasteiger partial charge >= 0.3 is 0 Å². The average molecular weight is 369 g/mol. The van der Waals surface area contributed by atoms with Crippen molar-refractivity contribution >= 4 is 28.2 Å². The van der Waals surface area contributed by atoms with Crippen molar-refractivity contribution in [2.75, 3.05) is 5.32 Å². The summed E-state index contributed by atoms with van der Waals surface area (Å²) in [6, 6.07) is 3.72. The van der Waals surface area contributed by atoms with Gasteiger partial charge in [0.05, 0.1) is 11.1 Å². The largest absolute Gasteiger partial charge is 0.349 e. The van der Waals surface area contributed by atoms with Crippen molar-refractivity contribution in [2.24, 2.45) is 0 Å². The Balaban J connectivity index is 1.57. The van der Waals surface area contributed by atoms with Crippen LogP contribution in [0.2, 0.25) is 0 Å². The van der Waals surface area contributed by atoms with Gasteiger partial charge in [-0.3, -0.25) is 14.6 Å². The van der Waals surface area contributed by atoms with Crippen LogP contribution in [0.5, 0.6) is 0 Å². The minimum atomic E-state index is -0.218. The molecular formula is C20H23N3O2S. The van der Waals surface area contributed by atoms with Crippen molar-refractivity contribution in [3.63, 3.8) is 0 Å². The predicted octanol–water partition coefficient (Wildman–Crippen LogP) is 3.95. The van der Waals surface area contributed by atoms with E-state index >= 15 is 0 Å². The lowest BCUT2D eigenvalue weighted by atomic mass is 9.95. The van der Waals surface area contributed by atoms with E-state index in [0.717, 1.165) is 37.7 Å². The van der Waals surface area contributed by atoms with Crippen LogP contribution < -0.4 is 10.6 Å². The molecule has 0 radical (unpaired) electrons. The number of aryl methyl sites for hydroxylation is 1. The number of rotatable bonds is 4. The van der Waals surface area contributed by atoms with Crippen LogP contribution in [0.1, 0.15) is 69.7 Å². The number of aromatic nitrogens is 1. The highest BCUT2D eigenvalue weighted by Gasteiger charge is 2.29. The highest BCUT2D eigenvalue weighted by atomic mass is 32.1. The van der Waals surface area contributed by atoms with Gasteiger partial charge < -0.3 is 10.6 Å². The molecule has 1 fully saturated rings. The Morgan fingerprint density at radius 2 is 1.92 bits per heavy atom. The lowest BCUT2D eigenvalue weighted by Gasteiger charge is -2.23. The van der Waals surface area contributed by atoms with E-state index in [1.54, 1.807) is 35.9 Å². The second-order valence-corrected chi connectivity index (χ2v) is 8.17. The molecule has 0 aliphatic heterocycles. The fourth-order valence-electron chi connectivity index (χ4n) is 3.91. The lowest BCUT2D eigenvalue weighted by Crippen LogP contribution is -2.36. The molecule has 136 valence electrons. The Hall–Kier alpha value is -2.21. The van der Waals surface area contributed by atoms with E-state index < -0.39 is 0 Å². The average Bonchev–Trinajstić information content (AvgIpc) is 3.24. The molecule has 4 rings (SSSR count). The van der Waals surface area contributed by atoms with Crippen LogP contribution in [0.25, 0.3) is 0 Å². The molecular weight excluding hydrogens is 346 g/mol. The molecule has 0 unspecified atom stereocenters. The second-order valence-electron chi connectivity index (χ2n) is 7.07. The van der Waals surface area contributed by atoms with E-state index in [9.17, 15) is 9.59 Å². The standard InChI is InChI=1S/C20H23N3O2S/c24-18(13-6-5-11-21-12-13)23-20-17(15-9-4-10-16(15)26-20)19(25)22-14-7-2-1-3-8-14/h5-6,11-12,14H,1-4,7-10H2,(H,22,25)(H,23,24). The van der Waals surface area contributed by atoms with Gasteiger partial charge in [-0.05, 0) is 49.8 Å². The molecule has 0 spiro atoms. The minimum absolute atomic E-state index is 0.0298. The summed E-state index contributed by atoms with van der Waals surface area (Å²) in [5.41, 5.74) is 2.31. The molecule has 2 aromatic heterocycles. The van der Waals surface area contributed by atoms with E-state index in [4.69, 9.17) is 0 Å². The molecule has 26 heavy (non-hydrogen) atoms. The Morgan fingerprint density at radius 1 is 1.08 bits per heavy atom. The Kier molecular flexibility index (Phi) is 5.02. The molecule has 1 saturated carbocycles. The summed E-state index contributed by atoms with van der Waals surface area (Å²) in [6.07, 6.45) is 11.9. The number of amides is 2. The molecule has 5 nitrogen and oxygen atoms in total. The number of fused-ring (bicyclic) bond motifs is 1. The van der Waals surface area contributed by atoms with Crippen LogP contribution in [-0.4, -0.2) is 22.8 Å². The fraction of sp³-hybridized carbons (Fsp3) is 0.450. The molecule has 2 aliphatic carbocycles. The number of carbonyl (C=O) groups is 2. The zero-order valence-corrected chi connectivity index (χ0v) is 15.5. The summed E-state index contributed by atoms with van der Waals surface area (Å²) < 4.78 is 0. The maximum atomic E-state index is 13.0. The normalized spacial score (nSPS) is 16.9. The zero-order chi connectivity index (χ0) is 17.9. The maximum Gasteiger partial charge on any atom is 0.257 e. The second kappa shape index (κ2) is 7.58.